The summed E-state index contributed by atoms with van der Waals surface area (Å²) >= 11 is 0. The summed E-state index contributed by atoms with van der Waals surface area (Å²) in [6.07, 6.45) is 0. The second kappa shape index (κ2) is 6.31. The van der Waals surface area contributed by atoms with Gasteiger partial charge < -0.3 is 10.7 Å². The average molecular weight is 273 g/mol. The summed E-state index contributed by atoms with van der Waals surface area (Å²) in [6, 6.07) is 9.89. The Hall–Kier alpha value is -2.18. The smallest absolute Gasteiger partial charge is 0.233 e. The molecule has 2 rings (SSSR count). The Morgan fingerprint density at radius 2 is 2.15 bits per heavy atom. The minimum atomic E-state index is -0.0245. The molecule has 0 saturated carbocycles. The Morgan fingerprint density at radius 1 is 1.40 bits per heavy atom. The van der Waals surface area contributed by atoms with Gasteiger partial charge in [0.05, 0.1) is 12.1 Å². The van der Waals surface area contributed by atoms with Crippen molar-refractivity contribution in [3.63, 3.8) is 0 Å². The van der Waals surface area contributed by atoms with E-state index in [1.165, 1.54) is 0 Å². The van der Waals surface area contributed by atoms with E-state index in [-0.39, 0.29) is 5.91 Å². The van der Waals surface area contributed by atoms with E-state index in [0.29, 0.717) is 18.9 Å². The fraction of sp³-hybridized carbons (Fsp3) is 0.286. The highest BCUT2D eigenvalue weighted by atomic mass is 16.1. The maximum Gasteiger partial charge on any atom is 0.233 e. The predicted octanol–water partition coefficient (Wildman–Crippen LogP) is 0.698. The molecule has 1 aromatic carbocycles. The molecule has 2 aromatic rings. The Kier molecular flexibility index (Phi) is 4.49. The van der Waals surface area contributed by atoms with Gasteiger partial charge in [-0.25, -0.2) is 10.8 Å². The first-order valence-corrected chi connectivity index (χ1v) is 6.38. The zero-order valence-electron chi connectivity index (χ0n) is 11.7. The molecule has 0 spiro atoms. The van der Waals surface area contributed by atoms with Crippen LogP contribution >= 0.6 is 0 Å². The topological polar surface area (TPSA) is 83.3 Å². The van der Waals surface area contributed by atoms with Crippen LogP contribution in [0.1, 0.15) is 5.56 Å². The van der Waals surface area contributed by atoms with Gasteiger partial charge in [0.1, 0.15) is 5.82 Å². The molecule has 0 radical (unpaired) electrons. The molecule has 0 unspecified atom stereocenters. The number of para-hydroxylation sites is 1. The zero-order valence-corrected chi connectivity index (χ0v) is 11.7. The Bertz CT molecular complexity index is 614. The molecule has 6 nitrogen and oxygen atoms in total. The van der Waals surface area contributed by atoms with Gasteiger partial charge in [-0.15, -0.1) is 0 Å². The monoisotopic (exact) mass is 273 g/mol. The van der Waals surface area contributed by atoms with E-state index in [2.05, 4.69) is 15.7 Å². The van der Waals surface area contributed by atoms with Crippen LogP contribution in [-0.4, -0.2) is 36.4 Å². The number of likely N-dealkylation sites (N-methyl/N-ethyl adjacent to an activating group) is 2. The van der Waals surface area contributed by atoms with Crippen molar-refractivity contribution in [3.8, 4) is 0 Å². The van der Waals surface area contributed by atoms with Crippen LogP contribution in [0.3, 0.4) is 0 Å². The van der Waals surface area contributed by atoms with Crippen LogP contribution in [0.5, 0.6) is 0 Å². The second-order valence-electron chi connectivity index (χ2n) is 4.68. The summed E-state index contributed by atoms with van der Waals surface area (Å²) in [5.41, 5.74) is 4.47. The molecular weight excluding hydrogens is 254 g/mol. The number of pyridine rings is 1. The van der Waals surface area contributed by atoms with Crippen molar-refractivity contribution in [2.75, 3.05) is 26.1 Å². The Balaban J connectivity index is 2.26. The molecule has 0 bridgehead atoms. The molecule has 0 fully saturated rings. The molecule has 106 valence electrons. The molecule has 20 heavy (non-hydrogen) atoms. The standard InChI is InChI=1S/C14H19N5O/c1-16-13(20)9-19(2)8-11-7-10-5-3-4-6-12(10)17-14(11)18-15/h3-7H,8-9,15H2,1-2H3,(H,16,20)(H,17,18). The number of carbonyl (C=O) groups excluding carboxylic acids is 1. The highest BCUT2D eigenvalue weighted by molar-refractivity contribution is 5.81. The van der Waals surface area contributed by atoms with E-state index in [0.717, 1.165) is 16.5 Å². The summed E-state index contributed by atoms with van der Waals surface area (Å²) in [4.78, 5) is 17.8. The number of carbonyl (C=O) groups is 1. The van der Waals surface area contributed by atoms with Crippen molar-refractivity contribution in [2.45, 2.75) is 6.54 Å². The number of anilines is 1. The fourth-order valence-corrected chi connectivity index (χ4v) is 2.08. The summed E-state index contributed by atoms with van der Waals surface area (Å²) < 4.78 is 0. The van der Waals surface area contributed by atoms with Crippen LogP contribution in [0.2, 0.25) is 0 Å². The second-order valence-corrected chi connectivity index (χ2v) is 4.68. The molecular formula is C14H19N5O. The third-order valence-electron chi connectivity index (χ3n) is 3.07. The van der Waals surface area contributed by atoms with Gasteiger partial charge in [-0.05, 0) is 19.2 Å². The van der Waals surface area contributed by atoms with Crippen LogP contribution in [0.15, 0.2) is 30.3 Å². The van der Waals surface area contributed by atoms with Gasteiger partial charge in [-0.1, -0.05) is 18.2 Å². The van der Waals surface area contributed by atoms with E-state index >= 15 is 0 Å². The third kappa shape index (κ3) is 3.23. The normalized spacial score (nSPS) is 10.8. The first-order chi connectivity index (χ1) is 9.63. The van der Waals surface area contributed by atoms with Crippen LogP contribution in [0.4, 0.5) is 5.82 Å². The number of aromatic nitrogens is 1. The van der Waals surface area contributed by atoms with Crippen molar-refractivity contribution < 1.29 is 4.79 Å². The number of nitrogens with zero attached hydrogens (tertiary/aromatic N) is 2. The Labute approximate surface area is 117 Å². The third-order valence-corrected chi connectivity index (χ3v) is 3.07. The first kappa shape index (κ1) is 14.2. The lowest BCUT2D eigenvalue weighted by molar-refractivity contribution is -0.121. The Morgan fingerprint density at radius 3 is 2.85 bits per heavy atom. The van der Waals surface area contributed by atoms with E-state index in [4.69, 9.17) is 5.84 Å². The molecule has 1 aromatic heterocycles. The number of amides is 1. The van der Waals surface area contributed by atoms with Crippen LogP contribution in [0, 0.1) is 0 Å². The summed E-state index contributed by atoms with van der Waals surface area (Å²) in [7, 11) is 3.51. The van der Waals surface area contributed by atoms with Gasteiger partial charge >= 0.3 is 0 Å². The SMILES string of the molecule is CNC(=O)CN(C)Cc1cc2ccccc2nc1NN. The van der Waals surface area contributed by atoms with Crippen LogP contribution in [-0.2, 0) is 11.3 Å². The number of benzene rings is 1. The van der Waals surface area contributed by atoms with Crippen molar-refractivity contribution in [2.24, 2.45) is 5.84 Å². The van der Waals surface area contributed by atoms with Gasteiger partial charge in [-0.2, -0.15) is 0 Å². The number of fused-ring (bicyclic) bond motifs is 1. The van der Waals surface area contributed by atoms with Crippen molar-refractivity contribution in [1.82, 2.24) is 15.2 Å². The number of rotatable bonds is 5. The molecule has 0 aliphatic rings. The average Bonchev–Trinajstić information content (AvgIpc) is 2.46. The lowest BCUT2D eigenvalue weighted by Gasteiger charge is -2.18. The lowest BCUT2D eigenvalue weighted by atomic mass is 10.1. The van der Waals surface area contributed by atoms with Gasteiger partial charge in [0.2, 0.25) is 5.91 Å². The van der Waals surface area contributed by atoms with Crippen LogP contribution < -0.4 is 16.6 Å². The van der Waals surface area contributed by atoms with E-state index in [9.17, 15) is 4.79 Å². The van der Waals surface area contributed by atoms with Crippen LogP contribution in [0.25, 0.3) is 10.9 Å². The zero-order chi connectivity index (χ0) is 14.5. The largest absolute Gasteiger partial charge is 0.358 e. The van der Waals surface area contributed by atoms with Crippen molar-refractivity contribution in [3.05, 3.63) is 35.9 Å². The van der Waals surface area contributed by atoms with E-state index in [1.54, 1.807) is 7.05 Å². The molecule has 0 atom stereocenters. The molecule has 0 saturated heterocycles. The number of nitrogens with one attached hydrogen (secondary N) is 2. The predicted molar refractivity (Wildman–Crippen MR) is 80.0 cm³/mol. The maximum atomic E-state index is 11.4. The molecule has 0 aliphatic carbocycles. The number of hydrogen-bond donors (Lipinski definition) is 3. The van der Waals surface area contributed by atoms with E-state index in [1.807, 2.05) is 42.3 Å². The molecule has 6 heteroatoms. The van der Waals surface area contributed by atoms with Gasteiger partial charge in [0, 0.05) is 24.5 Å². The highest BCUT2D eigenvalue weighted by Gasteiger charge is 2.10. The minimum absolute atomic E-state index is 0.0245. The molecule has 1 amide bonds. The highest BCUT2D eigenvalue weighted by Crippen LogP contribution is 2.20. The van der Waals surface area contributed by atoms with Crippen molar-refractivity contribution in [1.29, 1.82) is 0 Å². The summed E-state index contributed by atoms with van der Waals surface area (Å²) in [5.74, 6) is 6.14. The number of hydrazine groups is 1. The first-order valence-electron chi connectivity index (χ1n) is 6.38. The number of hydrogen-bond acceptors (Lipinski definition) is 5. The summed E-state index contributed by atoms with van der Waals surface area (Å²) in [6.45, 7) is 0.915. The molecule has 0 aliphatic heterocycles. The number of nitrogens with two attached hydrogens (primary N) is 1. The quantitative estimate of drug-likeness (QED) is 0.551. The summed E-state index contributed by atoms with van der Waals surface area (Å²) in [5, 5.41) is 3.65. The number of nitrogen functional groups attached to an aromatic ring is 1. The molecule has 4 N–H and O–H groups in total. The maximum absolute atomic E-state index is 11.4. The molecule has 1 heterocycles. The lowest BCUT2D eigenvalue weighted by Crippen LogP contribution is -2.33. The van der Waals surface area contributed by atoms with Crippen molar-refractivity contribution >= 4 is 22.6 Å². The minimum Gasteiger partial charge on any atom is -0.358 e. The van der Waals surface area contributed by atoms with Gasteiger partial charge in [0.15, 0.2) is 0 Å². The van der Waals surface area contributed by atoms with Gasteiger partial charge in [-0.3, -0.25) is 9.69 Å². The fourth-order valence-electron chi connectivity index (χ4n) is 2.08. The van der Waals surface area contributed by atoms with Gasteiger partial charge in [0.25, 0.3) is 0 Å². The van der Waals surface area contributed by atoms with E-state index < -0.39 is 0 Å².